The maximum absolute atomic E-state index is 13.1. The number of nitrogens with zero attached hydrogens (tertiary/aromatic N) is 4. The van der Waals surface area contributed by atoms with Crippen LogP contribution in [0.15, 0.2) is 30.5 Å². The van der Waals surface area contributed by atoms with Gasteiger partial charge in [0.25, 0.3) is 5.91 Å². The topological polar surface area (TPSA) is 69.5 Å². The van der Waals surface area contributed by atoms with Crippen molar-refractivity contribution >= 4 is 5.91 Å². The Bertz CT molecular complexity index is 778. The van der Waals surface area contributed by atoms with E-state index < -0.39 is 6.29 Å². The SMILES string of the molecule is CCOC(Cn1cc(C(=O)N(Cc2ccc(C(C)C)cc2)C2CC2)nn1)OCC. The fourth-order valence-corrected chi connectivity index (χ4v) is 3.27. The Morgan fingerprint density at radius 1 is 1.17 bits per heavy atom. The Morgan fingerprint density at radius 3 is 2.38 bits per heavy atom. The highest BCUT2D eigenvalue weighted by atomic mass is 16.7. The van der Waals surface area contributed by atoms with Crippen LogP contribution in [0.2, 0.25) is 0 Å². The number of carbonyl (C=O) groups excluding carboxylic acids is 1. The molecule has 0 spiro atoms. The summed E-state index contributed by atoms with van der Waals surface area (Å²) >= 11 is 0. The summed E-state index contributed by atoms with van der Waals surface area (Å²) in [5, 5.41) is 8.21. The van der Waals surface area contributed by atoms with Gasteiger partial charge in [-0.25, -0.2) is 4.68 Å². The lowest BCUT2D eigenvalue weighted by Crippen LogP contribution is -2.33. The van der Waals surface area contributed by atoms with Crippen molar-refractivity contribution in [2.24, 2.45) is 0 Å². The van der Waals surface area contributed by atoms with Crippen LogP contribution in [0.5, 0.6) is 0 Å². The molecule has 1 aromatic heterocycles. The van der Waals surface area contributed by atoms with Gasteiger partial charge in [-0.05, 0) is 43.7 Å². The van der Waals surface area contributed by atoms with Crippen molar-refractivity contribution < 1.29 is 14.3 Å². The second-order valence-electron chi connectivity index (χ2n) is 7.73. The Balaban J connectivity index is 1.67. The van der Waals surface area contributed by atoms with E-state index in [0.717, 1.165) is 18.4 Å². The molecule has 1 saturated carbocycles. The molecular formula is C22H32N4O3. The molecule has 1 amide bonds. The van der Waals surface area contributed by atoms with E-state index in [1.165, 1.54) is 5.56 Å². The number of aromatic nitrogens is 3. The summed E-state index contributed by atoms with van der Waals surface area (Å²) in [6.45, 7) is 10.3. The van der Waals surface area contributed by atoms with Crippen LogP contribution in [0, 0.1) is 0 Å². The smallest absolute Gasteiger partial charge is 0.276 e. The van der Waals surface area contributed by atoms with Gasteiger partial charge < -0.3 is 14.4 Å². The summed E-state index contributed by atoms with van der Waals surface area (Å²) in [4.78, 5) is 15.0. The van der Waals surface area contributed by atoms with E-state index in [2.05, 4.69) is 48.4 Å². The molecule has 2 aromatic rings. The van der Waals surface area contributed by atoms with E-state index in [0.29, 0.717) is 37.9 Å². The minimum absolute atomic E-state index is 0.0731. The fourth-order valence-electron chi connectivity index (χ4n) is 3.27. The molecule has 0 bridgehead atoms. The van der Waals surface area contributed by atoms with Crippen LogP contribution in [0.3, 0.4) is 0 Å². The van der Waals surface area contributed by atoms with Crippen molar-refractivity contribution in [3.63, 3.8) is 0 Å². The van der Waals surface area contributed by atoms with Gasteiger partial charge in [0.15, 0.2) is 12.0 Å². The first kappa shape index (κ1) is 21.5. The van der Waals surface area contributed by atoms with Crippen LogP contribution in [-0.4, -0.2) is 51.3 Å². The van der Waals surface area contributed by atoms with E-state index in [1.54, 1.807) is 10.9 Å². The zero-order chi connectivity index (χ0) is 20.8. The molecule has 0 aliphatic heterocycles. The lowest BCUT2D eigenvalue weighted by molar-refractivity contribution is -0.145. The lowest BCUT2D eigenvalue weighted by Gasteiger charge is -2.21. The molecule has 1 aromatic carbocycles. The van der Waals surface area contributed by atoms with Gasteiger partial charge in [0.2, 0.25) is 0 Å². The summed E-state index contributed by atoms with van der Waals surface area (Å²) in [5.41, 5.74) is 2.80. The molecule has 1 aliphatic rings. The maximum atomic E-state index is 13.1. The predicted octanol–water partition coefficient (Wildman–Crippen LogP) is 3.61. The van der Waals surface area contributed by atoms with Crippen molar-refractivity contribution in [2.75, 3.05) is 13.2 Å². The van der Waals surface area contributed by atoms with Crippen molar-refractivity contribution in [2.45, 2.75) is 71.9 Å². The third kappa shape index (κ3) is 5.87. The Kier molecular flexibility index (Phi) is 7.39. The Morgan fingerprint density at radius 2 is 1.83 bits per heavy atom. The third-order valence-electron chi connectivity index (χ3n) is 5.05. The summed E-state index contributed by atoms with van der Waals surface area (Å²) in [7, 11) is 0. The van der Waals surface area contributed by atoms with Gasteiger partial charge in [0, 0.05) is 25.8 Å². The average molecular weight is 401 g/mol. The van der Waals surface area contributed by atoms with Crippen LogP contribution in [0.25, 0.3) is 0 Å². The van der Waals surface area contributed by atoms with E-state index in [-0.39, 0.29) is 11.9 Å². The highest BCUT2D eigenvalue weighted by Gasteiger charge is 2.34. The first-order valence-corrected chi connectivity index (χ1v) is 10.5. The molecule has 0 atom stereocenters. The van der Waals surface area contributed by atoms with Crippen LogP contribution in [0.1, 0.15) is 68.1 Å². The summed E-state index contributed by atoms with van der Waals surface area (Å²) in [6.07, 6.45) is 3.38. The zero-order valence-electron chi connectivity index (χ0n) is 17.9. The van der Waals surface area contributed by atoms with Gasteiger partial charge in [-0.3, -0.25) is 4.79 Å². The van der Waals surface area contributed by atoms with Crippen LogP contribution in [0.4, 0.5) is 0 Å². The number of carbonyl (C=O) groups is 1. The molecule has 0 N–H and O–H groups in total. The van der Waals surface area contributed by atoms with Gasteiger partial charge in [0.1, 0.15) is 0 Å². The molecule has 1 aliphatic carbocycles. The van der Waals surface area contributed by atoms with Gasteiger partial charge in [0.05, 0.1) is 12.7 Å². The molecule has 7 nitrogen and oxygen atoms in total. The average Bonchev–Trinajstić information content (AvgIpc) is 3.44. The lowest BCUT2D eigenvalue weighted by atomic mass is 10.0. The van der Waals surface area contributed by atoms with Crippen LogP contribution >= 0.6 is 0 Å². The molecule has 7 heteroatoms. The molecular weight excluding hydrogens is 368 g/mol. The Labute approximate surface area is 173 Å². The fraction of sp³-hybridized carbons (Fsp3) is 0.591. The second-order valence-corrected chi connectivity index (χ2v) is 7.73. The van der Waals surface area contributed by atoms with E-state index in [1.807, 2.05) is 18.7 Å². The number of hydrogen-bond acceptors (Lipinski definition) is 5. The van der Waals surface area contributed by atoms with E-state index in [9.17, 15) is 4.79 Å². The van der Waals surface area contributed by atoms with Crippen LogP contribution < -0.4 is 0 Å². The van der Waals surface area contributed by atoms with Crippen LogP contribution in [-0.2, 0) is 22.6 Å². The molecule has 29 heavy (non-hydrogen) atoms. The summed E-state index contributed by atoms with van der Waals surface area (Å²) in [6, 6.07) is 8.81. The van der Waals surface area contributed by atoms with Gasteiger partial charge in [-0.2, -0.15) is 0 Å². The molecule has 158 valence electrons. The number of benzene rings is 1. The molecule has 3 rings (SSSR count). The van der Waals surface area contributed by atoms with E-state index >= 15 is 0 Å². The van der Waals surface area contributed by atoms with Crippen molar-refractivity contribution in [1.29, 1.82) is 0 Å². The summed E-state index contributed by atoms with van der Waals surface area (Å²) < 4.78 is 12.7. The molecule has 1 fully saturated rings. The van der Waals surface area contributed by atoms with Crippen molar-refractivity contribution in [3.05, 3.63) is 47.3 Å². The minimum atomic E-state index is -0.395. The van der Waals surface area contributed by atoms with Crippen molar-refractivity contribution in [3.8, 4) is 0 Å². The Hall–Kier alpha value is -2.25. The van der Waals surface area contributed by atoms with Gasteiger partial charge in [-0.1, -0.05) is 43.3 Å². The van der Waals surface area contributed by atoms with E-state index in [4.69, 9.17) is 9.47 Å². The first-order valence-electron chi connectivity index (χ1n) is 10.5. The second kappa shape index (κ2) is 9.98. The number of rotatable bonds is 11. The quantitative estimate of drug-likeness (QED) is 0.539. The number of hydrogen-bond donors (Lipinski definition) is 0. The molecule has 1 heterocycles. The molecule has 0 unspecified atom stereocenters. The van der Waals surface area contributed by atoms with Crippen molar-refractivity contribution in [1.82, 2.24) is 19.9 Å². The zero-order valence-corrected chi connectivity index (χ0v) is 17.9. The predicted molar refractivity (Wildman–Crippen MR) is 110 cm³/mol. The largest absolute Gasteiger partial charge is 0.351 e. The first-order chi connectivity index (χ1) is 14.0. The highest BCUT2D eigenvalue weighted by molar-refractivity contribution is 5.92. The standard InChI is InChI=1S/C22H32N4O3/c1-5-28-21(29-6-2)15-25-14-20(23-24-25)22(27)26(19-11-12-19)13-17-7-9-18(10-8-17)16(3)4/h7-10,14,16,19,21H,5-6,11-13,15H2,1-4H3. The van der Waals surface area contributed by atoms with Gasteiger partial charge >= 0.3 is 0 Å². The molecule has 0 saturated heterocycles. The minimum Gasteiger partial charge on any atom is -0.351 e. The normalized spacial score (nSPS) is 14.0. The monoisotopic (exact) mass is 400 g/mol. The maximum Gasteiger partial charge on any atom is 0.276 e. The number of amides is 1. The van der Waals surface area contributed by atoms with Gasteiger partial charge in [-0.15, -0.1) is 5.10 Å². The highest BCUT2D eigenvalue weighted by Crippen LogP contribution is 2.30. The number of ether oxygens (including phenoxy) is 2. The summed E-state index contributed by atoms with van der Waals surface area (Å²) in [5.74, 6) is 0.425. The molecule has 0 radical (unpaired) electrons. The third-order valence-corrected chi connectivity index (χ3v) is 5.05.